The Balaban J connectivity index is 1.23. The topological polar surface area (TPSA) is 79.8 Å². The van der Waals surface area contributed by atoms with E-state index in [4.69, 9.17) is 4.74 Å². The summed E-state index contributed by atoms with van der Waals surface area (Å²) in [4.78, 5) is 24.7. The monoisotopic (exact) mass is 475 g/mol. The highest BCUT2D eigenvalue weighted by Crippen LogP contribution is 2.55. The van der Waals surface area contributed by atoms with Crippen molar-refractivity contribution in [3.05, 3.63) is 28.2 Å². The number of hydrogen-bond donors (Lipinski definition) is 2. The first kappa shape index (κ1) is 21.3. The lowest BCUT2D eigenvalue weighted by Crippen LogP contribution is -2.60. The SMILES string of the molecule is C/C(CC(=O)NC12CC3CC(CC(C3)C1)C2)=N\NC(=O)COc1ccc(Br)cc1C. The molecule has 0 heterocycles. The number of rotatable bonds is 7. The van der Waals surface area contributed by atoms with Crippen molar-refractivity contribution in [1.82, 2.24) is 10.7 Å². The minimum Gasteiger partial charge on any atom is -0.483 e. The molecule has 1 aromatic carbocycles. The molecule has 0 unspecified atom stereocenters. The molecular formula is C23H30BrN3O3. The van der Waals surface area contributed by atoms with E-state index in [0.717, 1.165) is 47.1 Å². The molecule has 0 aromatic heterocycles. The molecule has 2 amide bonds. The third-order valence-electron chi connectivity index (χ3n) is 6.73. The van der Waals surface area contributed by atoms with Gasteiger partial charge in [0.2, 0.25) is 5.91 Å². The molecule has 0 radical (unpaired) electrons. The van der Waals surface area contributed by atoms with Crippen LogP contribution < -0.4 is 15.5 Å². The lowest BCUT2D eigenvalue weighted by molar-refractivity contribution is -0.126. The van der Waals surface area contributed by atoms with E-state index in [1.165, 1.54) is 19.3 Å². The van der Waals surface area contributed by atoms with Gasteiger partial charge in [0, 0.05) is 15.7 Å². The molecule has 30 heavy (non-hydrogen) atoms. The molecule has 0 saturated heterocycles. The predicted octanol–water partition coefficient (Wildman–Crippen LogP) is 4.10. The zero-order chi connectivity index (χ0) is 21.3. The van der Waals surface area contributed by atoms with Gasteiger partial charge in [-0.1, -0.05) is 15.9 Å². The van der Waals surface area contributed by atoms with Gasteiger partial charge in [-0.2, -0.15) is 5.10 Å². The van der Waals surface area contributed by atoms with E-state index in [2.05, 4.69) is 31.8 Å². The molecule has 4 bridgehead atoms. The van der Waals surface area contributed by atoms with Crippen LogP contribution in [0.4, 0.5) is 0 Å². The number of hydrazone groups is 1. The normalized spacial score (nSPS) is 29.6. The summed E-state index contributed by atoms with van der Waals surface area (Å²) in [5.41, 5.74) is 4.02. The largest absolute Gasteiger partial charge is 0.483 e. The maximum absolute atomic E-state index is 12.6. The zero-order valence-electron chi connectivity index (χ0n) is 17.7. The van der Waals surface area contributed by atoms with Gasteiger partial charge in [0.25, 0.3) is 5.91 Å². The van der Waals surface area contributed by atoms with Crippen LogP contribution in [0, 0.1) is 24.7 Å². The first-order chi connectivity index (χ1) is 14.3. The number of halogens is 1. The highest BCUT2D eigenvalue weighted by molar-refractivity contribution is 9.10. The number of ether oxygens (including phenoxy) is 1. The van der Waals surface area contributed by atoms with E-state index in [1.807, 2.05) is 25.1 Å². The van der Waals surface area contributed by atoms with Gasteiger partial charge in [0.05, 0.1) is 6.42 Å². The smallest absolute Gasteiger partial charge is 0.277 e. The van der Waals surface area contributed by atoms with Gasteiger partial charge in [-0.25, -0.2) is 5.43 Å². The molecule has 6 nitrogen and oxygen atoms in total. The van der Waals surface area contributed by atoms with Gasteiger partial charge in [-0.3, -0.25) is 9.59 Å². The average Bonchev–Trinajstić information content (AvgIpc) is 2.64. The third-order valence-corrected chi connectivity index (χ3v) is 7.22. The number of amides is 2. The summed E-state index contributed by atoms with van der Waals surface area (Å²) >= 11 is 3.40. The van der Waals surface area contributed by atoms with Crippen LogP contribution in [0.15, 0.2) is 27.8 Å². The second kappa shape index (κ2) is 8.69. The maximum Gasteiger partial charge on any atom is 0.277 e. The van der Waals surface area contributed by atoms with E-state index >= 15 is 0 Å². The van der Waals surface area contributed by atoms with E-state index < -0.39 is 0 Å². The van der Waals surface area contributed by atoms with Crippen LogP contribution in [0.2, 0.25) is 0 Å². The second-order valence-corrected chi connectivity index (χ2v) is 10.4. The van der Waals surface area contributed by atoms with Crippen LogP contribution in [-0.4, -0.2) is 29.7 Å². The Morgan fingerprint density at radius 2 is 1.77 bits per heavy atom. The number of nitrogens with zero attached hydrogens (tertiary/aromatic N) is 1. The van der Waals surface area contributed by atoms with Gasteiger partial charge in [-0.15, -0.1) is 0 Å². The van der Waals surface area contributed by atoms with E-state index in [9.17, 15) is 9.59 Å². The zero-order valence-corrected chi connectivity index (χ0v) is 19.3. The van der Waals surface area contributed by atoms with Crippen molar-refractivity contribution in [3.8, 4) is 5.75 Å². The Labute approximate surface area is 186 Å². The third kappa shape index (κ3) is 5.05. The van der Waals surface area contributed by atoms with Gasteiger partial charge in [0.1, 0.15) is 5.75 Å². The summed E-state index contributed by atoms with van der Waals surface area (Å²) < 4.78 is 6.51. The van der Waals surface area contributed by atoms with Crippen molar-refractivity contribution in [3.63, 3.8) is 0 Å². The Morgan fingerprint density at radius 3 is 2.37 bits per heavy atom. The van der Waals surface area contributed by atoms with Crippen LogP contribution in [0.3, 0.4) is 0 Å². The summed E-state index contributed by atoms with van der Waals surface area (Å²) in [5.74, 6) is 2.69. The fourth-order valence-corrected chi connectivity index (χ4v) is 6.46. The summed E-state index contributed by atoms with van der Waals surface area (Å²) in [6.07, 6.45) is 7.64. The van der Waals surface area contributed by atoms with E-state index in [1.54, 1.807) is 6.92 Å². The molecule has 4 aliphatic rings. The van der Waals surface area contributed by atoms with Crippen LogP contribution in [0.25, 0.3) is 0 Å². The van der Waals surface area contributed by atoms with Crippen molar-refractivity contribution in [2.45, 2.75) is 64.3 Å². The van der Waals surface area contributed by atoms with E-state index in [0.29, 0.717) is 11.5 Å². The van der Waals surface area contributed by atoms with Gasteiger partial charge >= 0.3 is 0 Å². The van der Waals surface area contributed by atoms with Gasteiger partial charge < -0.3 is 10.1 Å². The first-order valence-corrected chi connectivity index (χ1v) is 11.6. The van der Waals surface area contributed by atoms with Crippen molar-refractivity contribution >= 4 is 33.5 Å². The number of carbonyl (C=O) groups excluding carboxylic acids is 2. The number of hydrogen-bond acceptors (Lipinski definition) is 4. The second-order valence-electron chi connectivity index (χ2n) is 9.50. The molecule has 4 saturated carbocycles. The Hall–Kier alpha value is -1.89. The lowest BCUT2D eigenvalue weighted by Gasteiger charge is -2.56. The number of benzene rings is 1. The highest BCUT2D eigenvalue weighted by Gasteiger charge is 2.51. The Bertz CT molecular complexity index is 832. The quantitative estimate of drug-likeness (QED) is 0.459. The Kier molecular flexibility index (Phi) is 6.19. The highest BCUT2D eigenvalue weighted by atomic mass is 79.9. The minimum absolute atomic E-state index is 0.00569. The Morgan fingerprint density at radius 1 is 1.13 bits per heavy atom. The summed E-state index contributed by atoms with van der Waals surface area (Å²) in [6, 6.07) is 5.61. The van der Waals surface area contributed by atoms with Crippen molar-refractivity contribution in [2.75, 3.05) is 6.61 Å². The van der Waals surface area contributed by atoms with Crippen molar-refractivity contribution < 1.29 is 14.3 Å². The first-order valence-electron chi connectivity index (χ1n) is 10.8. The molecular weight excluding hydrogens is 446 g/mol. The number of carbonyl (C=O) groups is 2. The molecule has 1 aromatic rings. The fraction of sp³-hybridized carbons (Fsp3) is 0.609. The van der Waals surface area contributed by atoms with Crippen LogP contribution in [0.5, 0.6) is 5.75 Å². The average molecular weight is 476 g/mol. The molecule has 0 aliphatic heterocycles. The number of aryl methyl sites for hydroxylation is 1. The number of nitrogens with one attached hydrogen (secondary N) is 2. The molecule has 0 spiro atoms. The van der Waals surface area contributed by atoms with Crippen LogP contribution in [-0.2, 0) is 9.59 Å². The molecule has 5 rings (SSSR count). The molecule has 162 valence electrons. The predicted molar refractivity (Wildman–Crippen MR) is 119 cm³/mol. The standard InChI is InChI=1S/C23H30BrN3O3/c1-14-5-19(24)3-4-20(14)30-13-22(29)27-26-15(2)6-21(28)25-23-10-16-7-17(11-23)9-18(8-16)12-23/h3-5,16-18H,6-13H2,1-2H3,(H,25,28)(H,27,29)/b26-15+. The summed E-state index contributed by atoms with van der Waals surface area (Å²) in [5, 5.41) is 7.42. The fourth-order valence-electron chi connectivity index (χ4n) is 5.98. The summed E-state index contributed by atoms with van der Waals surface area (Å²) in [6.45, 7) is 3.56. The minimum atomic E-state index is -0.349. The molecule has 4 aliphatic carbocycles. The van der Waals surface area contributed by atoms with Crippen LogP contribution >= 0.6 is 15.9 Å². The molecule has 2 N–H and O–H groups in total. The maximum atomic E-state index is 12.6. The molecule has 0 atom stereocenters. The molecule has 7 heteroatoms. The molecule has 4 fully saturated rings. The van der Waals surface area contributed by atoms with E-state index in [-0.39, 0.29) is 30.4 Å². The van der Waals surface area contributed by atoms with Gasteiger partial charge in [0.15, 0.2) is 6.61 Å². The van der Waals surface area contributed by atoms with Crippen LogP contribution in [0.1, 0.15) is 57.4 Å². The lowest BCUT2D eigenvalue weighted by atomic mass is 9.53. The van der Waals surface area contributed by atoms with Crippen molar-refractivity contribution in [1.29, 1.82) is 0 Å². The summed E-state index contributed by atoms with van der Waals surface area (Å²) in [7, 11) is 0. The van der Waals surface area contributed by atoms with Gasteiger partial charge in [-0.05, 0) is 93.9 Å². The van der Waals surface area contributed by atoms with Crippen molar-refractivity contribution in [2.24, 2.45) is 22.9 Å².